The molecule has 0 aliphatic carbocycles. The average Bonchev–Trinajstić information content (AvgIpc) is 3.14. The molecule has 3 fully saturated rings. The van der Waals surface area contributed by atoms with Crippen LogP contribution in [0.2, 0.25) is 0 Å². The Bertz CT molecular complexity index is 734. The SMILES string of the molecule is Cc1ncc(S(=O)(=O)N2C[C@H]3CN(C4CCOCC4)C[C@H]3C2)c(C)n1. The maximum absolute atomic E-state index is 13.0. The zero-order valence-corrected chi connectivity index (χ0v) is 15.7. The Morgan fingerprint density at radius 2 is 1.72 bits per heavy atom. The highest BCUT2D eigenvalue weighted by Crippen LogP contribution is 2.36. The minimum atomic E-state index is -3.50. The van der Waals surface area contributed by atoms with Crippen molar-refractivity contribution in [2.45, 2.75) is 37.6 Å². The Hall–Kier alpha value is -1.09. The van der Waals surface area contributed by atoms with Crippen molar-refractivity contribution in [2.24, 2.45) is 11.8 Å². The Balaban J connectivity index is 1.45. The van der Waals surface area contributed by atoms with Crippen molar-refractivity contribution in [1.29, 1.82) is 0 Å². The molecule has 7 nitrogen and oxygen atoms in total. The lowest BCUT2D eigenvalue weighted by Crippen LogP contribution is -2.40. The summed E-state index contributed by atoms with van der Waals surface area (Å²) in [4.78, 5) is 11.1. The van der Waals surface area contributed by atoms with Gasteiger partial charge in [0.15, 0.2) is 0 Å². The van der Waals surface area contributed by atoms with Crippen LogP contribution >= 0.6 is 0 Å². The van der Waals surface area contributed by atoms with Gasteiger partial charge in [0.2, 0.25) is 10.0 Å². The zero-order chi connectivity index (χ0) is 17.6. The molecule has 3 aliphatic heterocycles. The molecule has 0 saturated carbocycles. The van der Waals surface area contributed by atoms with Crippen LogP contribution in [0.5, 0.6) is 0 Å². The molecule has 0 spiro atoms. The predicted molar refractivity (Wildman–Crippen MR) is 92.7 cm³/mol. The Labute approximate surface area is 149 Å². The number of fused-ring (bicyclic) bond motifs is 1. The maximum atomic E-state index is 13.0. The van der Waals surface area contributed by atoms with E-state index >= 15 is 0 Å². The third-order valence-electron chi connectivity index (χ3n) is 5.86. The molecule has 0 unspecified atom stereocenters. The first-order valence-electron chi connectivity index (χ1n) is 9.07. The van der Waals surface area contributed by atoms with Crippen molar-refractivity contribution in [1.82, 2.24) is 19.2 Å². The van der Waals surface area contributed by atoms with E-state index in [-0.39, 0.29) is 4.90 Å². The molecule has 3 aliphatic rings. The lowest BCUT2D eigenvalue weighted by molar-refractivity contribution is 0.0393. The molecule has 2 atom stereocenters. The fraction of sp³-hybridized carbons (Fsp3) is 0.765. The molecule has 0 bridgehead atoms. The molecule has 0 aromatic carbocycles. The topological polar surface area (TPSA) is 75.6 Å². The summed E-state index contributed by atoms with van der Waals surface area (Å²) in [7, 11) is -3.50. The third kappa shape index (κ3) is 3.20. The van der Waals surface area contributed by atoms with Gasteiger partial charge in [-0.25, -0.2) is 18.4 Å². The van der Waals surface area contributed by atoms with Crippen molar-refractivity contribution in [3.05, 3.63) is 17.7 Å². The molecule has 0 radical (unpaired) electrons. The molecule has 3 saturated heterocycles. The zero-order valence-electron chi connectivity index (χ0n) is 14.9. The Kier molecular flexibility index (Phi) is 4.56. The van der Waals surface area contributed by atoms with Crippen molar-refractivity contribution in [2.75, 3.05) is 39.4 Å². The van der Waals surface area contributed by atoms with Crippen LogP contribution in [0.3, 0.4) is 0 Å². The van der Waals surface area contributed by atoms with E-state index in [1.165, 1.54) is 6.20 Å². The van der Waals surface area contributed by atoms with E-state index in [9.17, 15) is 8.42 Å². The van der Waals surface area contributed by atoms with E-state index in [0.29, 0.717) is 42.5 Å². The Morgan fingerprint density at radius 1 is 1.08 bits per heavy atom. The minimum Gasteiger partial charge on any atom is -0.381 e. The van der Waals surface area contributed by atoms with Gasteiger partial charge in [0.1, 0.15) is 10.7 Å². The predicted octanol–water partition coefficient (Wildman–Crippen LogP) is 0.825. The van der Waals surface area contributed by atoms with E-state index in [1.807, 2.05) is 0 Å². The summed E-state index contributed by atoms with van der Waals surface area (Å²) < 4.78 is 33.1. The fourth-order valence-electron chi connectivity index (χ4n) is 4.50. The third-order valence-corrected chi connectivity index (χ3v) is 7.80. The number of hydrogen-bond acceptors (Lipinski definition) is 6. The second-order valence-corrected chi connectivity index (χ2v) is 9.41. The maximum Gasteiger partial charge on any atom is 0.246 e. The summed E-state index contributed by atoms with van der Waals surface area (Å²) in [6.07, 6.45) is 3.65. The van der Waals surface area contributed by atoms with Gasteiger partial charge in [-0.2, -0.15) is 4.31 Å². The van der Waals surface area contributed by atoms with Gasteiger partial charge < -0.3 is 4.74 Å². The van der Waals surface area contributed by atoms with Crippen LogP contribution in [0.4, 0.5) is 0 Å². The summed E-state index contributed by atoms with van der Waals surface area (Å²) in [5, 5.41) is 0. The quantitative estimate of drug-likeness (QED) is 0.789. The van der Waals surface area contributed by atoms with Crippen molar-refractivity contribution in [3.8, 4) is 0 Å². The van der Waals surface area contributed by atoms with E-state index in [0.717, 1.165) is 39.1 Å². The highest BCUT2D eigenvalue weighted by atomic mass is 32.2. The first kappa shape index (κ1) is 17.3. The summed E-state index contributed by atoms with van der Waals surface area (Å²) in [5.41, 5.74) is 0.536. The van der Waals surface area contributed by atoms with Crippen LogP contribution in [0.25, 0.3) is 0 Å². The molecular weight excluding hydrogens is 340 g/mol. The molecule has 8 heteroatoms. The first-order chi connectivity index (χ1) is 11.9. The van der Waals surface area contributed by atoms with E-state index in [4.69, 9.17) is 4.74 Å². The van der Waals surface area contributed by atoms with E-state index in [2.05, 4.69) is 14.9 Å². The van der Waals surface area contributed by atoms with Crippen LogP contribution in [-0.2, 0) is 14.8 Å². The van der Waals surface area contributed by atoms with Crippen LogP contribution in [-0.4, -0.2) is 73.0 Å². The number of rotatable bonds is 3. The van der Waals surface area contributed by atoms with Gasteiger partial charge >= 0.3 is 0 Å². The second-order valence-electron chi connectivity index (χ2n) is 7.51. The summed E-state index contributed by atoms with van der Waals surface area (Å²) in [5.74, 6) is 1.47. The van der Waals surface area contributed by atoms with Crippen LogP contribution in [0, 0.1) is 25.7 Å². The van der Waals surface area contributed by atoms with Crippen molar-refractivity contribution >= 4 is 10.0 Å². The Morgan fingerprint density at radius 3 is 2.32 bits per heavy atom. The fourth-order valence-corrected chi connectivity index (χ4v) is 6.15. The van der Waals surface area contributed by atoms with Crippen molar-refractivity contribution < 1.29 is 13.2 Å². The molecule has 0 amide bonds. The molecule has 25 heavy (non-hydrogen) atoms. The number of hydrogen-bond donors (Lipinski definition) is 0. The molecule has 4 rings (SSSR count). The molecule has 138 valence electrons. The largest absolute Gasteiger partial charge is 0.381 e. The van der Waals surface area contributed by atoms with Gasteiger partial charge in [-0.15, -0.1) is 0 Å². The standard InChI is InChI=1S/C17H26N4O3S/c1-12-17(7-18-13(2)19-12)25(22,23)21-10-14-8-20(9-15(14)11-21)16-3-5-24-6-4-16/h7,14-16H,3-6,8-11H2,1-2H3/t14-,15+. The highest BCUT2D eigenvalue weighted by Gasteiger charge is 2.46. The van der Waals surface area contributed by atoms with Crippen LogP contribution in [0.1, 0.15) is 24.4 Å². The van der Waals surface area contributed by atoms with Gasteiger partial charge in [-0.05, 0) is 38.5 Å². The van der Waals surface area contributed by atoms with Crippen LogP contribution < -0.4 is 0 Å². The lowest BCUT2D eigenvalue weighted by atomic mass is 10.0. The molecule has 4 heterocycles. The average molecular weight is 366 g/mol. The van der Waals surface area contributed by atoms with Gasteiger partial charge in [0.25, 0.3) is 0 Å². The normalized spacial score (nSPS) is 29.2. The van der Waals surface area contributed by atoms with Gasteiger partial charge in [0, 0.05) is 45.4 Å². The summed E-state index contributed by atoms with van der Waals surface area (Å²) in [6.45, 7) is 8.45. The number of likely N-dealkylation sites (tertiary alicyclic amines) is 1. The number of sulfonamides is 1. The van der Waals surface area contributed by atoms with Gasteiger partial charge in [-0.1, -0.05) is 0 Å². The number of aryl methyl sites for hydroxylation is 2. The highest BCUT2D eigenvalue weighted by molar-refractivity contribution is 7.89. The lowest BCUT2D eigenvalue weighted by Gasteiger charge is -2.32. The monoisotopic (exact) mass is 366 g/mol. The first-order valence-corrected chi connectivity index (χ1v) is 10.5. The minimum absolute atomic E-state index is 0.249. The van der Waals surface area contributed by atoms with Crippen molar-refractivity contribution in [3.63, 3.8) is 0 Å². The number of ether oxygens (including phenoxy) is 1. The smallest absolute Gasteiger partial charge is 0.246 e. The molecule has 1 aromatic heterocycles. The van der Waals surface area contributed by atoms with Gasteiger partial charge in [-0.3, -0.25) is 4.90 Å². The second kappa shape index (κ2) is 6.57. The molecule has 0 N–H and O–H groups in total. The van der Waals surface area contributed by atoms with E-state index in [1.54, 1.807) is 18.2 Å². The van der Waals surface area contributed by atoms with E-state index < -0.39 is 10.0 Å². The summed E-state index contributed by atoms with van der Waals surface area (Å²) >= 11 is 0. The summed E-state index contributed by atoms with van der Waals surface area (Å²) in [6, 6.07) is 0.608. The number of aromatic nitrogens is 2. The van der Waals surface area contributed by atoms with Gasteiger partial charge in [0.05, 0.1) is 11.9 Å². The number of nitrogens with zero attached hydrogens (tertiary/aromatic N) is 4. The molecular formula is C17H26N4O3S. The molecule has 1 aromatic rings. The van der Waals surface area contributed by atoms with Crippen LogP contribution in [0.15, 0.2) is 11.1 Å².